The fourth-order valence-electron chi connectivity index (χ4n) is 3.75. The molecule has 0 amide bonds. The van der Waals surface area contributed by atoms with Crippen LogP contribution in [0.15, 0.2) is 30.6 Å². The van der Waals surface area contributed by atoms with E-state index in [9.17, 15) is 5.11 Å². The fourth-order valence-corrected chi connectivity index (χ4v) is 3.75. The second-order valence-corrected chi connectivity index (χ2v) is 7.66. The van der Waals surface area contributed by atoms with E-state index in [0.717, 1.165) is 41.9 Å². The van der Waals surface area contributed by atoms with Crippen LogP contribution in [0, 0.1) is 0 Å². The number of fused-ring (bicyclic) bond motifs is 1. The molecule has 8 nitrogen and oxygen atoms in total. The molecule has 1 atom stereocenters. The van der Waals surface area contributed by atoms with E-state index in [2.05, 4.69) is 33.6 Å². The molecule has 1 aliphatic rings. The van der Waals surface area contributed by atoms with Gasteiger partial charge in [-0.1, -0.05) is 12.1 Å². The van der Waals surface area contributed by atoms with E-state index in [1.807, 2.05) is 30.6 Å². The van der Waals surface area contributed by atoms with Crippen molar-refractivity contribution in [3.8, 4) is 5.75 Å². The predicted octanol–water partition coefficient (Wildman–Crippen LogP) is 2.99. The van der Waals surface area contributed by atoms with Crippen LogP contribution in [0.2, 0.25) is 0 Å². The molecule has 3 heterocycles. The first-order valence-electron chi connectivity index (χ1n) is 10.1. The van der Waals surface area contributed by atoms with Crippen LogP contribution in [0.5, 0.6) is 5.75 Å². The second kappa shape index (κ2) is 8.24. The number of aliphatic hydroxyl groups excluding tert-OH is 1. The van der Waals surface area contributed by atoms with Crippen molar-refractivity contribution in [2.75, 3.05) is 30.5 Å². The summed E-state index contributed by atoms with van der Waals surface area (Å²) in [6, 6.07) is 8.25. The SMILES string of the molecule is COc1ccc(CNc2nc(N3CCC[C@@H]3CO)nc3c2ncn3C(C)C)cc1. The largest absolute Gasteiger partial charge is 0.497 e. The van der Waals surface area contributed by atoms with Crippen molar-refractivity contribution in [1.29, 1.82) is 0 Å². The maximum Gasteiger partial charge on any atom is 0.229 e. The molecular formula is C21H28N6O2. The Hall–Kier alpha value is -2.87. The monoisotopic (exact) mass is 396 g/mol. The lowest BCUT2D eigenvalue weighted by Crippen LogP contribution is -2.33. The van der Waals surface area contributed by atoms with Gasteiger partial charge in [0.1, 0.15) is 5.75 Å². The lowest BCUT2D eigenvalue weighted by molar-refractivity contribution is 0.265. The highest BCUT2D eigenvalue weighted by molar-refractivity contribution is 5.84. The molecule has 8 heteroatoms. The molecule has 1 fully saturated rings. The zero-order valence-corrected chi connectivity index (χ0v) is 17.2. The normalized spacial score (nSPS) is 16.7. The van der Waals surface area contributed by atoms with E-state index in [4.69, 9.17) is 14.7 Å². The number of hydrogen-bond acceptors (Lipinski definition) is 7. The zero-order chi connectivity index (χ0) is 20.4. The van der Waals surface area contributed by atoms with Gasteiger partial charge in [-0.3, -0.25) is 0 Å². The van der Waals surface area contributed by atoms with E-state index < -0.39 is 0 Å². The quantitative estimate of drug-likeness (QED) is 0.635. The van der Waals surface area contributed by atoms with Gasteiger partial charge in [0.05, 0.1) is 26.1 Å². The fraction of sp³-hybridized carbons (Fsp3) is 0.476. The van der Waals surface area contributed by atoms with E-state index in [-0.39, 0.29) is 18.7 Å². The summed E-state index contributed by atoms with van der Waals surface area (Å²) < 4.78 is 7.29. The number of aliphatic hydroxyl groups is 1. The summed E-state index contributed by atoms with van der Waals surface area (Å²) in [5.41, 5.74) is 2.69. The van der Waals surface area contributed by atoms with E-state index in [1.54, 1.807) is 7.11 Å². The van der Waals surface area contributed by atoms with Crippen LogP contribution < -0.4 is 15.0 Å². The Morgan fingerprint density at radius 3 is 2.72 bits per heavy atom. The molecule has 4 rings (SSSR count). The standard InChI is InChI=1S/C21H28N6O2/c1-14(2)27-13-23-18-19(22-11-15-6-8-17(29-3)9-7-15)24-21(25-20(18)27)26-10-4-5-16(26)12-28/h6-9,13-14,16,28H,4-5,10-12H2,1-3H3,(H,22,24,25)/t16-/m1/s1. The zero-order valence-electron chi connectivity index (χ0n) is 17.2. The molecular weight excluding hydrogens is 368 g/mol. The Morgan fingerprint density at radius 1 is 1.24 bits per heavy atom. The first-order chi connectivity index (χ1) is 14.1. The molecule has 154 valence electrons. The Bertz CT molecular complexity index is 969. The highest BCUT2D eigenvalue weighted by Gasteiger charge is 2.27. The highest BCUT2D eigenvalue weighted by Crippen LogP contribution is 2.29. The molecule has 1 aromatic carbocycles. The van der Waals surface area contributed by atoms with E-state index >= 15 is 0 Å². The molecule has 1 aliphatic heterocycles. The minimum Gasteiger partial charge on any atom is -0.497 e. The van der Waals surface area contributed by atoms with Gasteiger partial charge >= 0.3 is 0 Å². The first-order valence-corrected chi connectivity index (χ1v) is 10.1. The van der Waals surface area contributed by atoms with Gasteiger partial charge in [0.15, 0.2) is 17.0 Å². The summed E-state index contributed by atoms with van der Waals surface area (Å²) in [5.74, 6) is 2.19. The van der Waals surface area contributed by atoms with E-state index in [1.165, 1.54) is 0 Å². The number of rotatable bonds is 7. The lowest BCUT2D eigenvalue weighted by Gasteiger charge is -2.23. The summed E-state index contributed by atoms with van der Waals surface area (Å²) in [4.78, 5) is 16.3. The molecule has 0 saturated carbocycles. The van der Waals surface area contributed by atoms with Crippen molar-refractivity contribution >= 4 is 22.9 Å². The van der Waals surface area contributed by atoms with Crippen molar-refractivity contribution in [2.45, 2.75) is 45.3 Å². The number of hydrogen-bond donors (Lipinski definition) is 2. The Labute approximate surface area is 170 Å². The molecule has 1 saturated heterocycles. The number of ether oxygens (including phenoxy) is 1. The van der Waals surface area contributed by atoms with Crippen LogP contribution in [0.1, 0.15) is 38.3 Å². The third-order valence-electron chi connectivity index (χ3n) is 5.43. The average molecular weight is 396 g/mol. The topological polar surface area (TPSA) is 88.3 Å². The number of nitrogens with zero attached hydrogens (tertiary/aromatic N) is 5. The molecule has 2 N–H and O–H groups in total. The molecule has 0 bridgehead atoms. The first kappa shape index (κ1) is 19.4. The maximum atomic E-state index is 9.74. The molecule has 0 spiro atoms. The second-order valence-electron chi connectivity index (χ2n) is 7.66. The van der Waals surface area contributed by atoms with Gasteiger partial charge in [0, 0.05) is 19.1 Å². The van der Waals surface area contributed by atoms with Gasteiger partial charge < -0.3 is 24.6 Å². The minimum absolute atomic E-state index is 0.0670. The Kier molecular flexibility index (Phi) is 5.53. The molecule has 0 unspecified atom stereocenters. The maximum absolute atomic E-state index is 9.74. The molecule has 3 aromatic rings. The number of nitrogens with one attached hydrogen (secondary N) is 1. The van der Waals surface area contributed by atoms with Crippen molar-refractivity contribution in [3.05, 3.63) is 36.2 Å². The average Bonchev–Trinajstić information content (AvgIpc) is 3.39. The number of benzene rings is 1. The van der Waals surface area contributed by atoms with Crippen LogP contribution >= 0.6 is 0 Å². The third kappa shape index (κ3) is 3.85. The van der Waals surface area contributed by atoms with Gasteiger partial charge in [0.2, 0.25) is 5.95 Å². The van der Waals surface area contributed by atoms with Crippen molar-refractivity contribution in [1.82, 2.24) is 19.5 Å². The summed E-state index contributed by atoms with van der Waals surface area (Å²) in [6.07, 6.45) is 3.81. The van der Waals surface area contributed by atoms with Gasteiger partial charge in [-0.15, -0.1) is 0 Å². The van der Waals surface area contributed by atoms with Gasteiger partial charge in [-0.05, 0) is 44.4 Å². The minimum atomic E-state index is 0.0670. The van der Waals surface area contributed by atoms with Crippen molar-refractivity contribution in [2.24, 2.45) is 0 Å². The molecule has 29 heavy (non-hydrogen) atoms. The highest BCUT2D eigenvalue weighted by atomic mass is 16.5. The smallest absolute Gasteiger partial charge is 0.229 e. The number of anilines is 2. The Balaban J connectivity index is 1.69. The summed E-state index contributed by atoms with van der Waals surface area (Å²) in [6.45, 7) is 5.80. The van der Waals surface area contributed by atoms with Crippen molar-refractivity contribution in [3.63, 3.8) is 0 Å². The van der Waals surface area contributed by atoms with Crippen LogP contribution in [0.4, 0.5) is 11.8 Å². The van der Waals surface area contributed by atoms with E-state index in [0.29, 0.717) is 18.3 Å². The number of aromatic nitrogens is 4. The van der Waals surface area contributed by atoms with Gasteiger partial charge in [-0.2, -0.15) is 9.97 Å². The van der Waals surface area contributed by atoms with Crippen LogP contribution in [0.25, 0.3) is 11.2 Å². The Morgan fingerprint density at radius 2 is 2.03 bits per heavy atom. The van der Waals surface area contributed by atoms with Gasteiger partial charge in [0.25, 0.3) is 0 Å². The van der Waals surface area contributed by atoms with Crippen LogP contribution in [-0.2, 0) is 6.54 Å². The summed E-state index contributed by atoms with van der Waals surface area (Å²) in [7, 11) is 1.66. The summed E-state index contributed by atoms with van der Waals surface area (Å²) >= 11 is 0. The van der Waals surface area contributed by atoms with Crippen LogP contribution in [-0.4, -0.2) is 50.9 Å². The lowest BCUT2D eigenvalue weighted by atomic mass is 10.2. The third-order valence-corrected chi connectivity index (χ3v) is 5.43. The molecule has 0 aliphatic carbocycles. The van der Waals surface area contributed by atoms with Crippen molar-refractivity contribution < 1.29 is 9.84 Å². The molecule has 2 aromatic heterocycles. The summed E-state index contributed by atoms with van der Waals surface area (Å²) in [5, 5.41) is 13.2. The molecule has 0 radical (unpaired) electrons. The predicted molar refractivity (Wildman–Crippen MR) is 113 cm³/mol. The van der Waals surface area contributed by atoms with Gasteiger partial charge in [-0.25, -0.2) is 4.98 Å². The number of imidazole rings is 1. The van der Waals surface area contributed by atoms with Crippen LogP contribution in [0.3, 0.4) is 0 Å². The number of methoxy groups -OCH3 is 1.